The maximum absolute atomic E-state index is 13.8. The number of ether oxygens (including phenoxy) is 1. The summed E-state index contributed by atoms with van der Waals surface area (Å²) >= 11 is 0. The predicted molar refractivity (Wildman–Crippen MR) is 92.2 cm³/mol. The van der Waals surface area contributed by atoms with E-state index in [-0.39, 0.29) is 11.4 Å². The van der Waals surface area contributed by atoms with E-state index in [9.17, 15) is 4.79 Å². The molecule has 10 aliphatic carbocycles. The van der Waals surface area contributed by atoms with Crippen LogP contribution in [-0.2, 0) is 9.53 Å². The third kappa shape index (κ3) is 0.754. The predicted octanol–water partition coefficient (Wildman–Crippen LogP) is 3.09. The van der Waals surface area contributed by atoms with Crippen LogP contribution < -0.4 is 0 Å². The zero-order chi connectivity index (χ0) is 16.4. The molecule has 10 saturated carbocycles. The van der Waals surface area contributed by atoms with Gasteiger partial charge in [-0.1, -0.05) is 12.7 Å². The molecule has 2 nitrogen and oxygen atoms in total. The number of esters is 1. The molecule has 0 saturated heterocycles. The smallest absolute Gasteiger partial charge is 0.313 e. The summed E-state index contributed by atoms with van der Waals surface area (Å²) in [5.41, 5.74) is -0.0197. The zero-order valence-corrected chi connectivity index (χ0v) is 15.0. The lowest BCUT2D eigenvalue weighted by Gasteiger charge is -2.40. The van der Waals surface area contributed by atoms with Gasteiger partial charge in [0, 0.05) is 0 Å². The molecule has 0 aromatic rings. The first-order chi connectivity index (χ1) is 12.8. The van der Waals surface area contributed by atoms with Crippen LogP contribution in [0.15, 0.2) is 12.7 Å². The summed E-state index contributed by atoms with van der Waals surface area (Å²) < 4.78 is 5.96. The molecule has 2 heteroatoms. The van der Waals surface area contributed by atoms with Gasteiger partial charge in [-0.15, -0.1) is 0 Å². The summed E-state index contributed by atoms with van der Waals surface area (Å²) in [6, 6.07) is 0. The quantitative estimate of drug-likeness (QED) is 0.580. The lowest BCUT2D eigenvalue weighted by molar-refractivity contribution is -0.163. The molecule has 0 spiro atoms. The van der Waals surface area contributed by atoms with Crippen LogP contribution in [0.2, 0.25) is 0 Å². The van der Waals surface area contributed by atoms with Gasteiger partial charge in [0.15, 0.2) is 0 Å². The molecule has 0 amide bonds. The van der Waals surface area contributed by atoms with Gasteiger partial charge < -0.3 is 4.74 Å². The fraction of sp³-hybridized carbons (Fsp3) is 0.875. The molecule has 18 atom stereocenters. The molecule has 10 fully saturated rings. The molecule has 0 bridgehead atoms. The summed E-state index contributed by atoms with van der Waals surface area (Å²) in [4.78, 5) is 13.8. The second-order valence-corrected chi connectivity index (χ2v) is 12.3. The van der Waals surface area contributed by atoms with Crippen LogP contribution in [0.1, 0.15) is 12.8 Å². The number of hydrogen-bond acceptors (Lipinski definition) is 2. The number of fused-ring (bicyclic) bond motifs is 4. The molecule has 4 unspecified atom stereocenters. The Hall–Kier alpha value is -0.790. The number of carbonyl (C=O) groups is 1. The Balaban J connectivity index is 1.33. The van der Waals surface area contributed by atoms with Crippen molar-refractivity contribution < 1.29 is 9.53 Å². The Kier molecular flexibility index (Phi) is 1.54. The molecule has 134 valence electrons. The van der Waals surface area contributed by atoms with Crippen molar-refractivity contribution >= 4 is 5.97 Å². The minimum Gasteiger partial charge on any atom is -0.461 e. The van der Waals surface area contributed by atoms with Crippen molar-refractivity contribution in [2.75, 3.05) is 6.61 Å². The van der Waals surface area contributed by atoms with E-state index in [1.165, 1.54) is 12.8 Å². The fourth-order valence-corrected chi connectivity index (χ4v) is 14.9. The minimum absolute atomic E-state index is 0.0197. The topological polar surface area (TPSA) is 26.3 Å². The molecule has 0 aromatic carbocycles. The van der Waals surface area contributed by atoms with Crippen molar-refractivity contribution in [2.45, 2.75) is 12.8 Å². The standard InChI is InChI=1S/C24H26O2/c1-2-3-26-23(25)24-20-8-4-6-10-7-5-9(20)14-12(7)17-15(10)16-11(6)13(8)21(24)18(16)19(17)22(14)24/h2,6-22H,1,3-5H2/t6-,7+,8-,9-,10?,11+,12-,13-,14-,15?,16+,17-,18+,19-,20?,21-,22+,24?/m1/s1. The normalized spacial score (nSPS) is 81.8. The third-order valence-corrected chi connectivity index (χ3v) is 13.4. The van der Waals surface area contributed by atoms with Crippen molar-refractivity contribution in [3.8, 4) is 0 Å². The first-order valence-electron chi connectivity index (χ1n) is 11.6. The second kappa shape index (κ2) is 3.16. The SMILES string of the molecule is C=CCOC(=O)C12C3[C@@H]4C[C@H]5C6C7[C@@H]8[C@@H]9[C@H]([C@@H]1[C@@H]8[C@H]1[C@@H]7[C@H]5[C@@H]4[C@@H]12)[C@H]3C[C@H]69. The molecule has 0 aliphatic heterocycles. The van der Waals surface area contributed by atoms with Gasteiger partial charge in [0.1, 0.15) is 6.61 Å². The van der Waals surface area contributed by atoms with Crippen LogP contribution in [0, 0.1) is 106 Å². The van der Waals surface area contributed by atoms with Gasteiger partial charge in [0.25, 0.3) is 0 Å². The van der Waals surface area contributed by atoms with Crippen molar-refractivity contribution in [3.05, 3.63) is 12.7 Å². The van der Waals surface area contributed by atoms with Crippen LogP contribution in [-0.4, -0.2) is 12.6 Å². The lowest BCUT2D eigenvalue weighted by Crippen LogP contribution is -2.45. The Labute approximate surface area is 154 Å². The van der Waals surface area contributed by atoms with Crippen LogP contribution in [0.25, 0.3) is 0 Å². The van der Waals surface area contributed by atoms with Gasteiger partial charge in [-0.2, -0.15) is 0 Å². The summed E-state index contributed by atoms with van der Waals surface area (Å²) in [6.07, 6.45) is 4.83. The van der Waals surface area contributed by atoms with E-state index in [4.69, 9.17) is 4.74 Å². The number of hydrogen-bond donors (Lipinski definition) is 0. The van der Waals surface area contributed by atoms with Gasteiger partial charge in [-0.3, -0.25) is 4.79 Å². The van der Waals surface area contributed by atoms with Gasteiger partial charge in [-0.25, -0.2) is 0 Å². The van der Waals surface area contributed by atoms with Gasteiger partial charge >= 0.3 is 5.97 Å². The van der Waals surface area contributed by atoms with Crippen molar-refractivity contribution in [2.24, 2.45) is 106 Å². The highest BCUT2D eigenvalue weighted by Crippen LogP contribution is 2.99. The fourth-order valence-electron chi connectivity index (χ4n) is 14.9. The van der Waals surface area contributed by atoms with Crippen LogP contribution in [0.5, 0.6) is 0 Å². The summed E-state index contributed by atoms with van der Waals surface area (Å²) in [6.45, 7) is 4.25. The summed E-state index contributed by atoms with van der Waals surface area (Å²) in [7, 11) is 0. The Morgan fingerprint density at radius 2 is 1.35 bits per heavy atom. The Morgan fingerprint density at radius 3 is 1.92 bits per heavy atom. The summed E-state index contributed by atoms with van der Waals surface area (Å²) in [5.74, 6) is 16.8. The highest BCUT2D eigenvalue weighted by molar-refractivity contribution is 5.82. The van der Waals surface area contributed by atoms with Crippen LogP contribution in [0.4, 0.5) is 0 Å². The molecule has 10 rings (SSSR count). The van der Waals surface area contributed by atoms with Crippen molar-refractivity contribution in [1.82, 2.24) is 0 Å². The van der Waals surface area contributed by atoms with E-state index >= 15 is 0 Å². The second-order valence-electron chi connectivity index (χ2n) is 12.3. The minimum atomic E-state index is -0.0197. The van der Waals surface area contributed by atoms with Crippen molar-refractivity contribution in [3.63, 3.8) is 0 Å². The molecule has 0 radical (unpaired) electrons. The summed E-state index contributed by atoms with van der Waals surface area (Å²) in [5, 5.41) is 0. The molecular weight excluding hydrogens is 320 g/mol. The van der Waals surface area contributed by atoms with E-state index in [1.807, 2.05) is 0 Å². The molecule has 10 aliphatic rings. The first kappa shape index (κ1) is 12.6. The number of rotatable bonds is 3. The van der Waals surface area contributed by atoms with Gasteiger partial charge in [-0.05, 0) is 113 Å². The molecule has 0 aromatic heterocycles. The highest BCUT2D eigenvalue weighted by atomic mass is 16.5. The van der Waals surface area contributed by atoms with Crippen LogP contribution in [0.3, 0.4) is 0 Å². The third-order valence-electron chi connectivity index (χ3n) is 13.4. The van der Waals surface area contributed by atoms with E-state index in [0.29, 0.717) is 6.61 Å². The Bertz CT molecular complexity index is 803. The van der Waals surface area contributed by atoms with Gasteiger partial charge in [0.2, 0.25) is 0 Å². The van der Waals surface area contributed by atoms with E-state index in [2.05, 4.69) is 6.58 Å². The average molecular weight is 346 g/mol. The largest absolute Gasteiger partial charge is 0.461 e. The van der Waals surface area contributed by atoms with Crippen molar-refractivity contribution in [1.29, 1.82) is 0 Å². The first-order valence-corrected chi connectivity index (χ1v) is 11.6. The maximum atomic E-state index is 13.8. The van der Waals surface area contributed by atoms with E-state index < -0.39 is 0 Å². The Morgan fingerprint density at radius 1 is 0.769 bits per heavy atom. The van der Waals surface area contributed by atoms with E-state index in [1.54, 1.807) is 6.08 Å². The van der Waals surface area contributed by atoms with E-state index in [0.717, 1.165) is 101 Å². The highest BCUT2D eigenvalue weighted by Gasteiger charge is 2.97. The molecule has 26 heavy (non-hydrogen) atoms. The molecule has 0 N–H and O–H groups in total. The van der Waals surface area contributed by atoms with Gasteiger partial charge in [0.05, 0.1) is 5.41 Å². The lowest BCUT2D eigenvalue weighted by atomic mass is 9.63. The molecule has 0 heterocycles. The maximum Gasteiger partial charge on any atom is 0.313 e. The average Bonchev–Trinajstić information content (AvgIpc) is 3.33. The molecular formula is C24H26O2. The van der Waals surface area contributed by atoms with Crippen LogP contribution >= 0.6 is 0 Å². The zero-order valence-electron chi connectivity index (χ0n) is 15.0. The monoisotopic (exact) mass is 346 g/mol. The number of carbonyl (C=O) groups excluding carboxylic acids is 1.